The number of carbonyl (C=O) groups excluding carboxylic acids is 3. The number of nitrogens with one attached hydrogen (secondary N) is 2. The van der Waals surface area contributed by atoms with Gasteiger partial charge in [0.25, 0.3) is 17.5 Å². The van der Waals surface area contributed by atoms with Crippen molar-refractivity contribution in [2.75, 3.05) is 0 Å². The predicted molar refractivity (Wildman–Crippen MR) is 108 cm³/mol. The number of nitrogens with zero attached hydrogens (tertiary/aromatic N) is 4. The number of aromatic nitrogens is 3. The van der Waals surface area contributed by atoms with E-state index in [1.54, 1.807) is 13.8 Å². The number of nitro benzene ring substituents is 1. The maximum absolute atomic E-state index is 12.2. The molecule has 0 aliphatic rings. The highest BCUT2D eigenvalue weighted by atomic mass is 16.6. The minimum Gasteiger partial charge on any atom is -0.365 e. The molecule has 0 saturated carbocycles. The van der Waals surface area contributed by atoms with Gasteiger partial charge in [-0.15, -0.1) is 0 Å². The summed E-state index contributed by atoms with van der Waals surface area (Å²) in [6.45, 7) is 3.54. The van der Waals surface area contributed by atoms with Gasteiger partial charge < -0.3 is 5.73 Å². The minimum atomic E-state index is -0.678. The van der Waals surface area contributed by atoms with Gasteiger partial charge in [-0.2, -0.15) is 5.10 Å². The Labute approximate surface area is 175 Å². The lowest BCUT2D eigenvalue weighted by Gasteiger charge is -2.12. The molecule has 31 heavy (non-hydrogen) atoms. The minimum absolute atomic E-state index is 0.0357. The van der Waals surface area contributed by atoms with Gasteiger partial charge in [0, 0.05) is 35.5 Å². The fraction of sp³-hybridized carbons (Fsp3) is 0.211. The maximum Gasteiger partial charge on any atom is 0.270 e. The molecule has 0 spiro atoms. The number of fused-ring (bicyclic) bond motifs is 1. The molecule has 160 valence electrons. The lowest BCUT2D eigenvalue weighted by Crippen LogP contribution is -2.41. The van der Waals surface area contributed by atoms with E-state index in [9.17, 15) is 24.5 Å². The third-order valence-corrected chi connectivity index (χ3v) is 4.71. The first kappa shape index (κ1) is 21.4. The Bertz CT molecular complexity index is 1220. The molecular formula is C19H19N7O5. The van der Waals surface area contributed by atoms with Crippen molar-refractivity contribution in [2.24, 2.45) is 5.73 Å². The Morgan fingerprint density at radius 1 is 1.23 bits per heavy atom. The van der Waals surface area contributed by atoms with Crippen LogP contribution in [0, 0.1) is 24.0 Å². The number of non-ortho nitro benzene ring substituents is 1. The number of carbonyl (C=O) groups is 3. The monoisotopic (exact) mass is 425 g/mol. The van der Waals surface area contributed by atoms with Crippen molar-refractivity contribution in [3.8, 4) is 0 Å². The highest BCUT2D eigenvalue weighted by Crippen LogP contribution is 2.18. The van der Waals surface area contributed by atoms with E-state index < -0.39 is 22.6 Å². The van der Waals surface area contributed by atoms with E-state index in [-0.39, 0.29) is 23.2 Å². The molecule has 2 aromatic heterocycles. The van der Waals surface area contributed by atoms with Crippen LogP contribution in [-0.2, 0) is 11.2 Å². The van der Waals surface area contributed by atoms with Crippen LogP contribution >= 0.6 is 0 Å². The fourth-order valence-corrected chi connectivity index (χ4v) is 3.11. The molecule has 3 rings (SSSR count). The molecule has 0 saturated heterocycles. The molecule has 0 aliphatic heterocycles. The second-order valence-electron chi connectivity index (χ2n) is 6.73. The Hall–Kier alpha value is -4.35. The second-order valence-corrected chi connectivity index (χ2v) is 6.73. The zero-order valence-corrected chi connectivity index (χ0v) is 16.7. The molecule has 4 N–H and O–H groups in total. The van der Waals surface area contributed by atoms with E-state index in [1.165, 1.54) is 28.9 Å². The fourth-order valence-electron chi connectivity index (χ4n) is 3.11. The summed E-state index contributed by atoms with van der Waals surface area (Å²) < 4.78 is 1.49. The Morgan fingerprint density at radius 3 is 2.65 bits per heavy atom. The molecule has 0 aliphatic carbocycles. The number of hydrogen-bond acceptors (Lipinski definition) is 7. The van der Waals surface area contributed by atoms with Gasteiger partial charge in [-0.05, 0) is 31.9 Å². The van der Waals surface area contributed by atoms with Crippen LogP contribution in [0.3, 0.4) is 0 Å². The number of nitrogens with two attached hydrogens (primary N) is 1. The van der Waals surface area contributed by atoms with Crippen LogP contribution in [0.4, 0.5) is 5.69 Å². The van der Waals surface area contributed by atoms with E-state index in [2.05, 4.69) is 20.9 Å². The quantitative estimate of drug-likeness (QED) is 0.385. The van der Waals surface area contributed by atoms with E-state index in [4.69, 9.17) is 5.73 Å². The van der Waals surface area contributed by atoms with Crippen LogP contribution in [0.1, 0.15) is 44.1 Å². The van der Waals surface area contributed by atoms with Crippen molar-refractivity contribution in [1.29, 1.82) is 0 Å². The molecule has 0 unspecified atom stereocenters. The molecule has 2 heterocycles. The van der Waals surface area contributed by atoms with Crippen LogP contribution in [-0.4, -0.2) is 37.2 Å². The van der Waals surface area contributed by atoms with E-state index in [0.717, 1.165) is 11.6 Å². The molecule has 3 amide bonds. The first-order valence-electron chi connectivity index (χ1n) is 9.16. The molecule has 0 fully saturated rings. The normalized spacial score (nSPS) is 10.6. The summed E-state index contributed by atoms with van der Waals surface area (Å²) in [6, 6.07) is 5.14. The van der Waals surface area contributed by atoms with Crippen molar-refractivity contribution in [3.63, 3.8) is 0 Å². The van der Waals surface area contributed by atoms with Gasteiger partial charge in [-0.25, -0.2) is 9.50 Å². The standard InChI is InChI=1S/C19H19N7O5/c1-10-14(11(2)25-18(22-10)15(9-21-25)17(20)28)6-7-16(27)23-24-19(29)12-4-3-5-13(8-12)26(30)31/h3-5,8-9H,6-7H2,1-2H3,(H2,20,28)(H,23,27)(H,24,29). The van der Waals surface area contributed by atoms with Crippen LogP contribution in [0.15, 0.2) is 30.5 Å². The molecule has 3 aromatic rings. The third kappa shape index (κ3) is 4.47. The van der Waals surface area contributed by atoms with Crippen LogP contribution < -0.4 is 16.6 Å². The molecule has 12 nitrogen and oxygen atoms in total. The number of aryl methyl sites for hydroxylation is 2. The summed E-state index contributed by atoms with van der Waals surface area (Å²) in [5.41, 5.74) is 12.3. The number of hydrazine groups is 1. The lowest BCUT2D eigenvalue weighted by molar-refractivity contribution is -0.384. The van der Waals surface area contributed by atoms with Crippen molar-refractivity contribution in [3.05, 3.63) is 68.7 Å². The van der Waals surface area contributed by atoms with E-state index >= 15 is 0 Å². The average molecular weight is 425 g/mol. The first-order valence-corrected chi connectivity index (χ1v) is 9.16. The Kier molecular flexibility index (Phi) is 5.90. The highest BCUT2D eigenvalue weighted by molar-refractivity contribution is 5.98. The topological polar surface area (TPSA) is 175 Å². The van der Waals surface area contributed by atoms with Crippen molar-refractivity contribution >= 4 is 29.1 Å². The summed E-state index contributed by atoms with van der Waals surface area (Å²) in [5, 5.41) is 14.9. The molecule has 0 atom stereocenters. The van der Waals surface area contributed by atoms with E-state index in [1.807, 2.05) is 0 Å². The predicted octanol–water partition coefficient (Wildman–Crippen LogP) is 0.747. The summed E-state index contributed by atoms with van der Waals surface area (Å²) in [5.74, 6) is -1.77. The highest BCUT2D eigenvalue weighted by Gasteiger charge is 2.17. The number of amides is 3. The van der Waals surface area contributed by atoms with Gasteiger partial charge in [0.1, 0.15) is 5.56 Å². The zero-order chi connectivity index (χ0) is 22.7. The molecular weight excluding hydrogens is 406 g/mol. The number of rotatable bonds is 6. The average Bonchev–Trinajstić information content (AvgIpc) is 3.16. The first-order chi connectivity index (χ1) is 14.7. The summed E-state index contributed by atoms with van der Waals surface area (Å²) in [6.07, 6.45) is 1.69. The Morgan fingerprint density at radius 2 is 1.97 bits per heavy atom. The van der Waals surface area contributed by atoms with Crippen LogP contribution in [0.5, 0.6) is 0 Å². The van der Waals surface area contributed by atoms with Crippen LogP contribution in [0.2, 0.25) is 0 Å². The van der Waals surface area contributed by atoms with Gasteiger partial charge >= 0.3 is 0 Å². The summed E-state index contributed by atoms with van der Waals surface area (Å²) in [7, 11) is 0. The second kappa shape index (κ2) is 8.57. The lowest BCUT2D eigenvalue weighted by atomic mass is 10.1. The summed E-state index contributed by atoms with van der Waals surface area (Å²) in [4.78, 5) is 50.3. The number of benzene rings is 1. The zero-order valence-electron chi connectivity index (χ0n) is 16.7. The van der Waals surface area contributed by atoms with Gasteiger partial charge in [0.2, 0.25) is 5.91 Å². The SMILES string of the molecule is Cc1nc2c(C(N)=O)cnn2c(C)c1CCC(=O)NNC(=O)c1cccc([N+](=O)[O-])c1. The number of hydrogen-bond donors (Lipinski definition) is 3. The largest absolute Gasteiger partial charge is 0.365 e. The molecule has 12 heteroatoms. The van der Waals surface area contributed by atoms with Crippen molar-refractivity contribution in [1.82, 2.24) is 25.4 Å². The van der Waals surface area contributed by atoms with Gasteiger partial charge in [-0.3, -0.25) is 35.3 Å². The molecule has 1 aromatic carbocycles. The maximum atomic E-state index is 12.2. The molecule has 0 bridgehead atoms. The van der Waals surface area contributed by atoms with Crippen molar-refractivity contribution in [2.45, 2.75) is 26.7 Å². The van der Waals surface area contributed by atoms with Gasteiger partial charge in [0.15, 0.2) is 5.65 Å². The smallest absolute Gasteiger partial charge is 0.270 e. The van der Waals surface area contributed by atoms with E-state index in [0.29, 0.717) is 23.5 Å². The summed E-state index contributed by atoms with van der Waals surface area (Å²) >= 11 is 0. The van der Waals surface area contributed by atoms with Gasteiger partial charge in [-0.1, -0.05) is 6.07 Å². The van der Waals surface area contributed by atoms with Crippen LogP contribution in [0.25, 0.3) is 5.65 Å². The van der Waals surface area contributed by atoms with Gasteiger partial charge in [0.05, 0.1) is 11.1 Å². The van der Waals surface area contributed by atoms with Crippen molar-refractivity contribution < 1.29 is 19.3 Å². The number of nitro groups is 1. The molecule has 0 radical (unpaired) electrons. The Balaban J connectivity index is 1.64. The third-order valence-electron chi connectivity index (χ3n) is 4.71. The number of primary amides is 1.